The van der Waals surface area contributed by atoms with E-state index in [1.54, 1.807) is 35.6 Å². The van der Waals surface area contributed by atoms with Gasteiger partial charge < -0.3 is 9.47 Å². The van der Waals surface area contributed by atoms with Gasteiger partial charge in [-0.25, -0.2) is 10.4 Å². The fourth-order valence-electron chi connectivity index (χ4n) is 3.84. The molecule has 8 nitrogen and oxygen atoms in total. The van der Waals surface area contributed by atoms with Crippen LogP contribution in [-0.2, 0) is 4.79 Å². The largest absolute Gasteiger partial charge is 0.493 e. The van der Waals surface area contributed by atoms with E-state index in [1.807, 2.05) is 54.6 Å². The summed E-state index contributed by atoms with van der Waals surface area (Å²) in [6.07, 6.45) is 3.02. The van der Waals surface area contributed by atoms with E-state index in [0.717, 1.165) is 32.3 Å². The van der Waals surface area contributed by atoms with Gasteiger partial charge in [-0.15, -0.1) is 11.3 Å². The number of rotatable bonds is 9. The molecule has 9 heteroatoms. The lowest BCUT2D eigenvalue weighted by atomic mass is 10.1. The Labute approximate surface area is 229 Å². The highest BCUT2D eigenvalue weighted by Gasteiger charge is 2.18. The van der Waals surface area contributed by atoms with E-state index in [0.29, 0.717) is 11.3 Å². The maximum Gasteiger partial charge on any atom is 0.327 e. The number of esters is 1. The molecule has 0 spiro atoms. The zero-order valence-corrected chi connectivity index (χ0v) is 21.8. The number of benzene rings is 3. The first-order chi connectivity index (χ1) is 19.1. The number of methoxy groups -OCH3 is 1. The van der Waals surface area contributed by atoms with Gasteiger partial charge in [-0.1, -0.05) is 60.7 Å². The van der Waals surface area contributed by atoms with Crippen LogP contribution in [0.5, 0.6) is 11.5 Å². The van der Waals surface area contributed by atoms with Gasteiger partial charge >= 0.3 is 5.97 Å². The number of hydrazine groups is 1. The lowest BCUT2D eigenvalue weighted by Gasteiger charge is -2.11. The minimum absolute atomic E-state index is 0.241. The summed E-state index contributed by atoms with van der Waals surface area (Å²) < 4.78 is 11.0. The fraction of sp³-hybridized carbons (Fsp3) is 0.0667. The molecule has 0 saturated carbocycles. The highest BCUT2D eigenvalue weighted by atomic mass is 32.1. The van der Waals surface area contributed by atoms with Gasteiger partial charge in [-0.3, -0.25) is 20.0 Å². The summed E-state index contributed by atoms with van der Waals surface area (Å²) in [6, 6.07) is 28.6. The molecule has 0 atom stereocenters. The van der Waals surface area contributed by atoms with Crippen molar-refractivity contribution in [1.82, 2.24) is 20.8 Å². The van der Waals surface area contributed by atoms with Gasteiger partial charge in [0, 0.05) is 29.1 Å². The normalized spacial score (nSPS) is 10.6. The Morgan fingerprint density at radius 2 is 1.51 bits per heavy atom. The van der Waals surface area contributed by atoms with Crippen LogP contribution in [0.4, 0.5) is 0 Å². The number of nitrogens with one attached hydrogen (secondary N) is 2. The van der Waals surface area contributed by atoms with Gasteiger partial charge in [-0.2, -0.15) is 0 Å². The Morgan fingerprint density at radius 3 is 2.21 bits per heavy atom. The van der Waals surface area contributed by atoms with Crippen molar-refractivity contribution in [2.24, 2.45) is 0 Å². The maximum absolute atomic E-state index is 12.4. The Morgan fingerprint density at radius 1 is 0.821 bits per heavy atom. The third-order valence-corrected chi connectivity index (χ3v) is 6.88. The van der Waals surface area contributed by atoms with Crippen molar-refractivity contribution in [3.8, 4) is 43.8 Å². The summed E-state index contributed by atoms with van der Waals surface area (Å²) in [4.78, 5) is 34.4. The number of nitrogens with zero attached hydrogens (tertiary/aromatic N) is 2. The Kier molecular flexibility index (Phi) is 8.01. The molecule has 0 aliphatic heterocycles. The second-order valence-corrected chi connectivity index (χ2v) is 9.31. The molecule has 3 aromatic carbocycles. The predicted molar refractivity (Wildman–Crippen MR) is 150 cm³/mol. The van der Waals surface area contributed by atoms with Gasteiger partial charge in [0.2, 0.25) is 0 Å². The van der Waals surface area contributed by atoms with Crippen molar-refractivity contribution in [2.75, 3.05) is 13.7 Å². The smallest absolute Gasteiger partial charge is 0.327 e. The van der Waals surface area contributed by atoms with Gasteiger partial charge in [-0.05, 0) is 35.9 Å². The van der Waals surface area contributed by atoms with Gasteiger partial charge in [0.05, 0.1) is 17.7 Å². The summed E-state index contributed by atoms with van der Waals surface area (Å²) in [7, 11) is 1.51. The molecule has 0 bridgehead atoms. The second kappa shape index (κ2) is 12.1. The standard InChI is InChI=1S/C30H24N4O4S/c1-37-25-18-23(12-13-24(25)38-26(35)19-32-34-29(36)22-14-16-31-17-15-22)30-33-27(20-8-4-2-5-9-20)28(39-30)21-10-6-3-7-11-21/h2-18,32H,19H2,1H3,(H,34,36). The van der Waals surface area contributed by atoms with Crippen LogP contribution in [0.25, 0.3) is 32.3 Å². The van der Waals surface area contributed by atoms with Crippen molar-refractivity contribution in [3.05, 3.63) is 109 Å². The van der Waals surface area contributed by atoms with Crippen LogP contribution in [0.2, 0.25) is 0 Å². The number of thiazole rings is 1. The van der Waals surface area contributed by atoms with E-state index in [9.17, 15) is 9.59 Å². The van der Waals surface area contributed by atoms with Crippen molar-refractivity contribution in [3.63, 3.8) is 0 Å². The summed E-state index contributed by atoms with van der Waals surface area (Å²) >= 11 is 1.58. The SMILES string of the molecule is COc1cc(-c2nc(-c3ccccc3)c(-c3ccccc3)s2)ccc1OC(=O)CNNC(=O)c1ccncc1. The number of pyridine rings is 1. The number of carbonyl (C=O) groups excluding carboxylic acids is 2. The molecule has 194 valence electrons. The van der Waals surface area contributed by atoms with Crippen LogP contribution in [0.3, 0.4) is 0 Å². The third kappa shape index (κ3) is 6.18. The summed E-state index contributed by atoms with van der Waals surface area (Å²) in [5.41, 5.74) is 9.29. The van der Waals surface area contributed by atoms with Crippen molar-refractivity contribution in [2.45, 2.75) is 0 Å². The van der Waals surface area contributed by atoms with Crippen LogP contribution in [0.1, 0.15) is 10.4 Å². The van der Waals surface area contributed by atoms with Crippen LogP contribution >= 0.6 is 11.3 Å². The molecule has 0 unspecified atom stereocenters. The zero-order chi connectivity index (χ0) is 27.0. The molecule has 0 fully saturated rings. The lowest BCUT2D eigenvalue weighted by Crippen LogP contribution is -2.41. The van der Waals surface area contributed by atoms with Crippen molar-refractivity contribution < 1.29 is 19.1 Å². The van der Waals surface area contributed by atoms with Crippen molar-refractivity contribution >= 4 is 23.2 Å². The molecule has 5 aromatic rings. The highest BCUT2D eigenvalue weighted by molar-refractivity contribution is 7.19. The van der Waals surface area contributed by atoms with Gasteiger partial charge in [0.25, 0.3) is 5.91 Å². The van der Waals surface area contributed by atoms with E-state index < -0.39 is 5.97 Å². The Bertz CT molecular complexity index is 1520. The molecule has 0 radical (unpaired) electrons. The lowest BCUT2D eigenvalue weighted by molar-refractivity contribution is -0.133. The highest BCUT2D eigenvalue weighted by Crippen LogP contribution is 2.42. The van der Waals surface area contributed by atoms with E-state index in [4.69, 9.17) is 14.5 Å². The second-order valence-electron chi connectivity index (χ2n) is 8.31. The molecular formula is C30H24N4O4S. The first-order valence-corrected chi connectivity index (χ1v) is 12.9. The molecule has 2 aromatic heterocycles. The molecule has 39 heavy (non-hydrogen) atoms. The molecule has 1 amide bonds. The summed E-state index contributed by atoms with van der Waals surface area (Å²) in [6.45, 7) is -0.241. The van der Waals surface area contributed by atoms with Crippen LogP contribution in [-0.4, -0.2) is 35.5 Å². The van der Waals surface area contributed by atoms with E-state index in [2.05, 4.69) is 28.0 Å². The van der Waals surface area contributed by atoms with Crippen LogP contribution < -0.4 is 20.3 Å². The van der Waals surface area contributed by atoms with Gasteiger partial charge in [0.1, 0.15) is 11.6 Å². The molecule has 2 N–H and O–H groups in total. The summed E-state index contributed by atoms with van der Waals surface area (Å²) in [5, 5.41) is 0.810. The molecule has 2 heterocycles. The Hall–Kier alpha value is -4.86. The summed E-state index contributed by atoms with van der Waals surface area (Å²) in [5.74, 6) is -0.334. The molecule has 5 rings (SSSR count). The van der Waals surface area contributed by atoms with E-state index in [1.165, 1.54) is 19.5 Å². The first-order valence-electron chi connectivity index (χ1n) is 12.1. The third-order valence-electron chi connectivity index (χ3n) is 5.72. The van der Waals surface area contributed by atoms with Crippen molar-refractivity contribution in [1.29, 1.82) is 0 Å². The van der Waals surface area contributed by atoms with E-state index >= 15 is 0 Å². The predicted octanol–water partition coefficient (Wildman–Crippen LogP) is 5.39. The van der Waals surface area contributed by atoms with Crippen LogP contribution in [0.15, 0.2) is 103 Å². The fourth-order valence-corrected chi connectivity index (χ4v) is 4.93. The molecule has 0 aliphatic carbocycles. The minimum Gasteiger partial charge on any atom is -0.493 e. The minimum atomic E-state index is -0.594. The van der Waals surface area contributed by atoms with Crippen LogP contribution in [0, 0.1) is 0 Å². The number of carbonyl (C=O) groups is 2. The van der Waals surface area contributed by atoms with E-state index in [-0.39, 0.29) is 18.2 Å². The average molecular weight is 537 g/mol. The number of hydrogen-bond donors (Lipinski definition) is 2. The zero-order valence-electron chi connectivity index (χ0n) is 21.0. The molecule has 0 saturated heterocycles. The number of amides is 1. The molecular weight excluding hydrogens is 512 g/mol. The quantitative estimate of drug-likeness (QED) is 0.148. The molecule has 0 aliphatic rings. The van der Waals surface area contributed by atoms with Gasteiger partial charge in [0.15, 0.2) is 11.5 Å². The Balaban J connectivity index is 1.32. The topological polar surface area (TPSA) is 102 Å². The first kappa shape index (κ1) is 25.8. The number of ether oxygens (including phenoxy) is 2. The monoisotopic (exact) mass is 536 g/mol. The maximum atomic E-state index is 12.4. The average Bonchev–Trinajstić information content (AvgIpc) is 3.44. The number of hydrogen-bond acceptors (Lipinski definition) is 8. The number of aromatic nitrogens is 2.